The molecule has 1 aromatic rings. The number of unbranched alkanes of at least 4 members (excludes halogenated alkanes) is 3. The molecular formula is C18H30BrNO. The number of ether oxygens (including phenoxy) is 1. The molecule has 0 spiro atoms. The average molecular weight is 356 g/mol. The summed E-state index contributed by atoms with van der Waals surface area (Å²) in [6.45, 7) is 12.5. The smallest absolute Gasteiger partial charge is 0.126 e. The van der Waals surface area contributed by atoms with E-state index in [1.165, 1.54) is 30.4 Å². The summed E-state index contributed by atoms with van der Waals surface area (Å²) in [5.74, 6) is 1.05. The number of hydrogen-bond acceptors (Lipinski definition) is 2. The van der Waals surface area contributed by atoms with E-state index in [1.54, 1.807) is 0 Å². The molecule has 0 amide bonds. The van der Waals surface area contributed by atoms with Gasteiger partial charge < -0.3 is 10.1 Å². The summed E-state index contributed by atoms with van der Waals surface area (Å²) in [5, 5.41) is 3.54. The van der Waals surface area contributed by atoms with E-state index >= 15 is 0 Å². The summed E-state index contributed by atoms with van der Waals surface area (Å²) in [6.07, 6.45) is 4.94. The minimum Gasteiger partial charge on any atom is -0.493 e. The number of nitrogens with one attached hydrogen (secondary N) is 1. The number of rotatable bonds is 8. The fourth-order valence-electron chi connectivity index (χ4n) is 2.20. The SMILES string of the molecule is CCCCCCOc1c(C)cc(Br)cc1CNC(C)(C)C. The highest BCUT2D eigenvalue weighted by atomic mass is 79.9. The molecule has 3 heteroatoms. The average Bonchev–Trinajstić information content (AvgIpc) is 2.37. The second kappa shape index (κ2) is 8.79. The Morgan fingerprint density at radius 2 is 1.86 bits per heavy atom. The molecule has 0 saturated carbocycles. The largest absolute Gasteiger partial charge is 0.493 e. The summed E-state index contributed by atoms with van der Waals surface area (Å²) in [5.41, 5.74) is 2.53. The molecule has 0 radical (unpaired) electrons. The van der Waals surface area contributed by atoms with E-state index in [0.717, 1.165) is 29.8 Å². The molecule has 0 aliphatic carbocycles. The Labute approximate surface area is 138 Å². The highest BCUT2D eigenvalue weighted by Crippen LogP contribution is 2.28. The second-order valence-electron chi connectivity index (χ2n) is 6.72. The third-order valence-electron chi connectivity index (χ3n) is 3.37. The molecule has 0 atom stereocenters. The van der Waals surface area contributed by atoms with Crippen LogP contribution in [0.15, 0.2) is 16.6 Å². The quantitative estimate of drug-likeness (QED) is 0.612. The standard InChI is InChI=1S/C18H30BrNO/c1-6-7-8-9-10-21-17-14(2)11-16(19)12-15(17)13-20-18(3,4)5/h11-12,20H,6-10,13H2,1-5H3. The Balaban J connectivity index is 2.71. The first-order valence-corrected chi connectivity index (χ1v) is 8.79. The van der Waals surface area contributed by atoms with Crippen LogP contribution < -0.4 is 10.1 Å². The van der Waals surface area contributed by atoms with Gasteiger partial charge in [-0.2, -0.15) is 0 Å². The van der Waals surface area contributed by atoms with Crippen LogP contribution in [0.3, 0.4) is 0 Å². The van der Waals surface area contributed by atoms with Crippen molar-refractivity contribution in [3.8, 4) is 5.75 Å². The lowest BCUT2D eigenvalue weighted by atomic mass is 10.1. The van der Waals surface area contributed by atoms with E-state index in [0.29, 0.717) is 0 Å². The minimum absolute atomic E-state index is 0.106. The number of hydrogen-bond donors (Lipinski definition) is 1. The van der Waals surface area contributed by atoms with Gasteiger partial charge in [-0.1, -0.05) is 42.1 Å². The van der Waals surface area contributed by atoms with Crippen molar-refractivity contribution in [2.75, 3.05) is 6.61 Å². The van der Waals surface area contributed by atoms with Gasteiger partial charge in [-0.25, -0.2) is 0 Å². The summed E-state index contributed by atoms with van der Waals surface area (Å²) in [4.78, 5) is 0. The van der Waals surface area contributed by atoms with Crippen molar-refractivity contribution in [3.63, 3.8) is 0 Å². The normalized spacial score (nSPS) is 11.7. The highest BCUT2D eigenvalue weighted by Gasteiger charge is 2.13. The van der Waals surface area contributed by atoms with Crippen LogP contribution in [0.5, 0.6) is 5.75 Å². The van der Waals surface area contributed by atoms with Crippen LogP contribution in [-0.4, -0.2) is 12.1 Å². The zero-order chi connectivity index (χ0) is 15.9. The van der Waals surface area contributed by atoms with Crippen LogP contribution in [0, 0.1) is 6.92 Å². The van der Waals surface area contributed by atoms with E-state index in [9.17, 15) is 0 Å². The summed E-state index contributed by atoms with van der Waals surface area (Å²) >= 11 is 3.59. The molecule has 120 valence electrons. The first-order chi connectivity index (χ1) is 9.83. The fourth-order valence-corrected chi connectivity index (χ4v) is 2.82. The molecule has 0 aliphatic rings. The molecule has 0 unspecified atom stereocenters. The van der Waals surface area contributed by atoms with Crippen molar-refractivity contribution in [3.05, 3.63) is 27.7 Å². The van der Waals surface area contributed by atoms with Crippen molar-refractivity contribution in [1.82, 2.24) is 5.32 Å². The number of halogens is 1. The number of benzene rings is 1. The molecule has 1 rings (SSSR count). The van der Waals surface area contributed by atoms with Crippen LogP contribution in [0.4, 0.5) is 0 Å². The maximum atomic E-state index is 6.07. The van der Waals surface area contributed by atoms with Gasteiger partial charge in [0, 0.05) is 22.1 Å². The topological polar surface area (TPSA) is 21.3 Å². The van der Waals surface area contributed by atoms with Gasteiger partial charge in [0.1, 0.15) is 5.75 Å². The predicted molar refractivity (Wildman–Crippen MR) is 95.1 cm³/mol. The zero-order valence-corrected chi connectivity index (χ0v) is 15.8. The minimum atomic E-state index is 0.106. The first kappa shape index (κ1) is 18.5. The molecular weight excluding hydrogens is 326 g/mol. The lowest BCUT2D eigenvalue weighted by Crippen LogP contribution is -2.35. The van der Waals surface area contributed by atoms with Crippen LogP contribution in [-0.2, 0) is 6.54 Å². The second-order valence-corrected chi connectivity index (χ2v) is 7.64. The monoisotopic (exact) mass is 355 g/mol. The fraction of sp³-hybridized carbons (Fsp3) is 0.667. The molecule has 0 bridgehead atoms. The van der Waals surface area contributed by atoms with Crippen molar-refractivity contribution in [2.45, 2.75) is 72.4 Å². The van der Waals surface area contributed by atoms with E-state index in [2.05, 4.69) is 68.0 Å². The summed E-state index contributed by atoms with van der Waals surface area (Å²) < 4.78 is 7.19. The zero-order valence-electron chi connectivity index (χ0n) is 14.2. The maximum absolute atomic E-state index is 6.07. The first-order valence-electron chi connectivity index (χ1n) is 8.00. The van der Waals surface area contributed by atoms with E-state index in [1.807, 2.05) is 0 Å². The van der Waals surface area contributed by atoms with Gasteiger partial charge in [-0.05, 0) is 51.8 Å². The lowest BCUT2D eigenvalue weighted by molar-refractivity contribution is 0.297. The van der Waals surface area contributed by atoms with E-state index in [-0.39, 0.29) is 5.54 Å². The van der Waals surface area contributed by atoms with Gasteiger partial charge in [-0.3, -0.25) is 0 Å². The van der Waals surface area contributed by atoms with Crippen molar-refractivity contribution < 1.29 is 4.74 Å². The Hall–Kier alpha value is -0.540. The number of aryl methyl sites for hydroxylation is 1. The van der Waals surface area contributed by atoms with Gasteiger partial charge >= 0.3 is 0 Å². The molecule has 0 fully saturated rings. The van der Waals surface area contributed by atoms with Gasteiger partial charge in [0.05, 0.1) is 6.61 Å². The molecule has 2 nitrogen and oxygen atoms in total. The van der Waals surface area contributed by atoms with Gasteiger partial charge in [0.25, 0.3) is 0 Å². The summed E-state index contributed by atoms with van der Waals surface area (Å²) in [6, 6.07) is 4.29. The van der Waals surface area contributed by atoms with Gasteiger partial charge in [-0.15, -0.1) is 0 Å². The Bertz CT molecular complexity index is 438. The Morgan fingerprint density at radius 1 is 1.14 bits per heavy atom. The van der Waals surface area contributed by atoms with Gasteiger partial charge in [0.2, 0.25) is 0 Å². The Morgan fingerprint density at radius 3 is 2.48 bits per heavy atom. The molecule has 0 saturated heterocycles. The van der Waals surface area contributed by atoms with Crippen LogP contribution in [0.1, 0.15) is 64.5 Å². The van der Waals surface area contributed by atoms with Crippen molar-refractivity contribution >= 4 is 15.9 Å². The van der Waals surface area contributed by atoms with Crippen LogP contribution >= 0.6 is 15.9 Å². The van der Waals surface area contributed by atoms with Crippen molar-refractivity contribution in [1.29, 1.82) is 0 Å². The van der Waals surface area contributed by atoms with Crippen molar-refractivity contribution in [2.24, 2.45) is 0 Å². The van der Waals surface area contributed by atoms with E-state index in [4.69, 9.17) is 4.74 Å². The molecule has 0 aromatic heterocycles. The maximum Gasteiger partial charge on any atom is 0.126 e. The Kier molecular flexibility index (Phi) is 7.75. The third kappa shape index (κ3) is 7.32. The van der Waals surface area contributed by atoms with Gasteiger partial charge in [0.15, 0.2) is 0 Å². The molecule has 21 heavy (non-hydrogen) atoms. The molecule has 1 aromatic carbocycles. The molecule has 0 aliphatic heterocycles. The summed E-state index contributed by atoms with van der Waals surface area (Å²) in [7, 11) is 0. The highest BCUT2D eigenvalue weighted by molar-refractivity contribution is 9.10. The van der Waals surface area contributed by atoms with E-state index < -0.39 is 0 Å². The molecule has 0 heterocycles. The predicted octanol–water partition coefficient (Wildman–Crippen LogP) is 5.60. The third-order valence-corrected chi connectivity index (χ3v) is 3.83. The van der Waals surface area contributed by atoms with Crippen LogP contribution in [0.2, 0.25) is 0 Å². The lowest BCUT2D eigenvalue weighted by Gasteiger charge is -2.22. The van der Waals surface area contributed by atoms with Crippen LogP contribution in [0.25, 0.3) is 0 Å². The molecule has 1 N–H and O–H groups in total.